The lowest BCUT2D eigenvalue weighted by Crippen LogP contribution is -2.47. The molecule has 2 amide bonds. The molecule has 0 heterocycles. The summed E-state index contributed by atoms with van der Waals surface area (Å²) in [4.78, 5) is 12.0. The number of benzene rings is 2. The number of carbonyl (C=O) groups is 1. The highest BCUT2D eigenvalue weighted by Gasteiger charge is 2.20. The Morgan fingerprint density at radius 2 is 1.50 bits per heavy atom. The third-order valence-electron chi connectivity index (χ3n) is 2.97. The number of para-hydroxylation sites is 1. The standard InChI is InChI=1S/C17H20N2O/c1-17(2,13-14-9-5-3-6-10-14)19-16(20)18-15-11-7-4-8-12-15/h3-12H,13H2,1-2H3,(H2,18,19,20). The van der Waals surface area contributed by atoms with Gasteiger partial charge in [0.2, 0.25) is 0 Å². The van der Waals surface area contributed by atoms with E-state index in [4.69, 9.17) is 0 Å². The molecule has 0 aromatic heterocycles. The van der Waals surface area contributed by atoms with Crippen LogP contribution in [0.2, 0.25) is 0 Å². The van der Waals surface area contributed by atoms with Gasteiger partial charge in [0.1, 0.15) is 0 Å². The molecule has 0 aliphatic carbocycles. The van der Waals surface area contributed by atoms with Gasteiger partial charge in [-0.2, -0.15) is 0 Å². The van der Waals surface area contributed by atoms with E-state index < -0.39 is 0 Å². The SMILES string of the molecule is CC(C)(Cc1ccccc1)NC(=O)Nc1ccccc1. The smallest absolute Gasteiger partial charge is 0.319 e. The van der Waals surface area contributed by atoms with Gasteiger partial charge in [-0.1, -0.05) is 48.5 Å². The first-order valence-corrected chi connectivity index (χ1v) is 6.73. The Kier molecular flexibility index (Phi) is 4.41. The maximum Gasteiger partial charge on any atom is 0.319 e. The van der Waals surface area contributed by atoms with Crippen molar-refractivity contribution in [2.24, 2.45) is 0 Å². The third-order valence-corrected chi connectivity index (χ3v) is 2.97. The average molecular weight is 268 g/mol. The van der Waals surface area contributed by atoms with E-state index in [2.05, 4.69) is 22.8 Å². The molecule has 0 bridgehead atoms. The minimum atomic E-state index is -0.305. The number of hydrogen-bond acceptors (Lipinski definition) is 1. The number of hydrogen-bond donors (Lipinski definition) is 2. The number of urea groups is 1. The molecular formula is C17H20N2O. The lowest BCUT2D eigenvalue weighted by molar-refractivity contribution is 0.241. The predicted octanol–water partition coefficient (Wildman–Crippen LogP) is 3.83. The van der Waals surface area contributed by atoms with Crippen molar-refractivity contribution < 1.29 is 4.79 Å². The maximum absolute atomic E-state index is 12.0. The lowest BCUT2D eigenvalue weighted by Gasteiger charge is -2.26. The van der Waals surface area contributed by atoms with Crippen LogP contribution in [0.3, 0.4) is 0 Å². The minimum absolute atomic E-state index is 0.183. The van der Waals surface area contributed by atoms with Crippen LogP contribution in [0, 0.1) is 0 Å². The van der Waals surface area contributed by atoms with E-state index in [1.54, 1.807) is 0 Å². The van der Waals surface area contributed by atoms with Crippen LogP contribution < -0.4 is 10.6 Å². The van der Waals surface area contributed by atoms with Crippen LogP contribution in [0.15, 0.2) is 60.7 Å². The number of nitrogens with one attached hydrogen (secondary N) is 2. The number of rotatable bonds is 4. The van der Waals surface area contributed by atoms with Crippen molar-refractivity contribution in [3.8, 4) is 0 Å². The van der Waals surface area contributed by atoms with Crippen molar-refractivity contribution in [3.63, 3.8) is 0 Å². The second kappa shape index (κ2) is 6.24. The summed E-state index contributed by atoms with van der Waals surface area (Å²) < 4.78 is 0. The summed E-state index contributed by atoms with van der Waals surface area (Å²) in [7, 11) is 0. The van der Waals surface area contributed by atoms with Gasteiger partial charge in [0.25, 0.3) is 0 Å². The third kappa shape index (κ3) is 4.43. The number of carbonyl (C=O) groups excluding carboxylic acids is 1. The van der Waals surface area contributed by atoms with E-state index in [0.29, 0.717) is 0 Å². The van der Waals surface area contributed by atoms with Gasteiger partial charge in [-0.3, -0.25) is 0 Å². The van der Waals surface area contributed by atoms with Gasteiger partial charge >= 0.3 is 6.03 Å². The van der Waals surface area contributed by atoms with E-state index in [1.165, 1.54) is 5.56 Å². The highest BCUT2D eigenvalue weighted by atomic mass is 16.2. The molecule has 2 rings (SSSR count). The van der Waals surface area contributed by atoms with Crippen molar-refractivity contribution in [3.05, 3.63) is 66.2 Å². The van der Waals surface area contributed by atoms with Gasteiger partial charge < -0.3 is 10.6 Å². The van der Waals surface area contributed by atoms with E-state index in [1.807, 2.05) is 62.4 Å². The van der Waals surface area contributed by atoms with E-state index in [0.717, 1.165) is 12.1 Å². The topological polar surface area (TPSA) is 41.1 Å². The molecule has 2 aromatic carbocycles. The van der Waals surface area contributed by atoms with Crippen LogP contribution in [0.4, 0.5) is 10.5 Å². The second-order valence-corrected chi connectivity index (χ2v) is 5.49. The summed E-state index contributed by atoms with van der Waals surface area (Å²) in [5.41, 5.74) is 1.69. The average Bonchev–Trinajstić information content (AvgIpc) is 2.39. The summed E-state index contributed by atoms with van der Waals surface area (Å²) in [6.07, 6.45) is 0.788. The normalized spacial score (nSPS) is 10.9. The summed E-state index contributed by atoms with van der Waals surface area (Å²) in [6.45, 7) is 4.04. The molecule has 20 heavy (non-hydrogen) atoms. The second-order valence-electron chi connectivity index (χ2n) is 5.49. The molecular weight excluding hydrogens is 248 g/mol. The highest BCUT2D eigenvalue weighted by molar-refractivity contribution is 5.89. The summed E-state index contributed by atoms with van der Waals surface area (Å²) in [6, 6.07) is 19.4. The zero-order valence-electron chi connectivity index (χ0n) is 11.9. The summed E-state index contributed by atoms with van der Waals surface area (Å²) >= 11 is 0. The quantitative estimate of drug-likeness (QED) is 0.869. The van der Waals surface area contributed by atoms with Gasteiger partial charge in [0.05, 0.1) is 0 Å². The molecule has 104 valence electrons. The zero-order valence-corrected chi connectivity index (χ0v) is 11.9. The maximum atomic E-state index is 12.0. The van der Waals surface area contributed by atoms with Crippen LogP contribution >= 0.6 is 0 Å². The fourth-order valence-electron chi connectivity index (χ4n) is 2.14. The first kappa shape index (κ1) is 14.1. The van der Waals surface area contributed by atoms with Crippen molar-refractivity contribution in [2.75, 3.05) is 5.32 Å². The molecule has 0 atom stereocenters. The molecule has 0 saturated heterocycles. The lowest BCUT2D eigenvalue weighted by atomic mass is 9.95. The molecule has 3 heteroatoms. The molecule has 2 N–H and O–H groups in total. The first-order chi connectivity index (χ1) is 9.55. The van der Waals surface area contributed by atoms with E-state index in [9.17, 15) is 4.79 Å². The van der Waals surface area contributed by atoms with Crippen molar-refractivity contribution >= 4 is 11.7 Å². The van der Waals surface area contributed by atoms with Gasteiger partial charge in [-0.15, -0.1) is 0 Å². The molecule has 0 saturated carbocycles. The monoisotopic (exact) mass is 268 g/mol. The van der Waals surface area contributed by atoms with Crippen LogP contribution in [-0.2, 0) is 6.42 Å². The predicted molar refractivity (Wildman–Crippen MR) is 82.8 cm³/mol. The van der Waals surface area contributed by atoms with Crippen LogP contribution in [0.1, 0.15) is 19.4 Å². The van der Waals surface area contributed by atoms with Crippen LogP contribution in [0.25, 0.3) is 0 Å². The molecule has 0 fully saturated rings. The summed E-state index contributed by atoms with van der Waals surface area (Å²) in [5, 5.41) is 5.84. The molecule has 0 aliphatic heterocycles. The van der Waals surface area contributed by atoms with Crippen molar-refractivity contribution in [1.29, 1.82) is 0 Å². The Morgan fingerprint density at radius 1 is 0.950 bits per heavy atom. The van der Waals surface area contributed by atoms with Crippen LogP contribution in [0.5, 0.6) is 0 Å². The first-order valence-electron chi connectivity index (χ1n) is 6.73. The fourth-order valence-corrected chi connectivity index (χ4v) is 2.14. The van der Waals surface area contributed by atoms with E-state index in [-0.39, 0.29) is 11.6 Å². The Morgan fingerprint density at radius 3 is 2.10 bits per heavy atom. The number of amides is 2. The van der Waals surface area contributed by atoms with Crippen molar-refractivity contribution in [1.82, 2.24) is 5.32 Å². The van der Waals surface area contributed by atoms with Gasteiger partial charge in [-0.05, 0) is 38.0 Å². The Balaban J connectivity index is 1.92. The molecule has 2 aromatic rings. The van der Waals surface area contributed by atoms with E-state index >= 15 is 0 Å². The van der Waals surface area contributed by atoms with Crippen LogP contribution in [-0.4, -0.2) is 11.6 Å². The molecule has 0 unspecified atom stereocenters. The Hall–Kier alpha value is -2.29. The largest absolute Gasteiger partial charge is 0.333 e. The summed E-state index contributed by atoms with van der Waals surface area (Å²) in [5.74, 6) is 0. The Labute approximate surface area is 120 Å². The fraction of sp³-hybridized carbons (Fsp3) is 0.235. The zero-order chi connectivity index (χ0) is 14.4. The number of anilines is 1. The molecule has 0 spiro atoms. The molecule has 0 aliphatic rings. The minimum Gasteiger partial charge on any atom is -0.333 e. The van der Waals surface area contributed by atoms with Crippen molar-refractivity contribution in [2.45, 2.75) is 25.8 Å². The highest BCUT2D eigenvalue weighted by Crippen LogP contribution is 2.13. The molecule has 0 radical (unpaired) electrons. The Bertz CT molecular complexity index is 550. The van der Waals surface area contributed by atoms with Gasteiger partial charge in [0.15, 0.2) is 0 Å². The van der Waals surface area contributed by atoms with Gasteiger partial charge in [0, 0.05) is 11.2 Å². The van der Waals surface area contributed by atoms with Gasteiger partial charge in [-0.25, -0.2) is 4.79 Å². The molecule has 3 nitrogen and oxygen atoms in total.